The Bertz CT molecular complexity index is 246. The van der Waals surface area contributed by atoms with Crippen LogP contribution in [0.3, 0.4) is 0 Å². The monoisotopic (exact) mass is 215 g/mol. The third-order valence-electron chi connectivity index (χ3n) is 2.15. The van der Waals surface area contributed by atoms with Crippen molar-refractivity contribution in [2.45, 2.75) is 19.4 Å². The zero-order valence-corrected chi connectivity index (χ0v) is 7.79. The molecule has 1 aliphatic rings. The van der Waals surface area contributed by atoms with Crippen LogP contribution < -0.4 is 0 Å². The second-order valence-corrected chi connectivity index (χ2v) is 3.61. The van der Waals surface area contributed by atoms with Gasteiger partial charge in [-0.2, -0.15) is 0 Å². The molecule has 0 N–H and O–H groups in total. The zero-order valence-electron chi connectivity index (χ0n) is 6.20. The van der Waals surface area contributed by atoms with Gasteiger partial charge in [0.05, 0.1) is 0 Å². The van der Waals surface area contributed by atoms with Gasteiger partial charge in [-0.3, -0.25) is 0 Å². The number of alkyl halides is 1. The highest BCUT2D eigenvalue weighted by Gasteiger charge is 2.17. The number of nitrogens with zero attached hydrogens (tertiary/aromatic N) is 3. The highest BCUT2D eigenvalue weighted by atomic mass is 79.9. The minimum absolute atomic E-state index is 0.762. The molecule has 0 radical (unpaired) electrons. The van der Waals surface area contributed by atoms with E-state index in [1.54, 1.807) is 0 Å². The Kier molecular flexibility index (Phi) is 1.94. The van der Waals surface area contributed by atoms with E-state index in [1.807, 2.05) is 6.33 Å². The lowest BCUT2D eigenvalue weighted by molar-refractivity contribution is 0.401. The molecular formula is C7H10BrN3. The highest BCUT2D eigenvalue weighted by Crippen LogP contribution is 2.19. The van der Waals surface area contributed by atoms with Crippen LogP contribution in [0.2, 0.25) is 0 Å². The van der Waals surface area contributed by atoms with Crippen molar-refractivity contribution in [1.82, 2.24) is 14.8 Å². The largest absolute Gasteiger partial charge is 0.317 e. The Morgan fingerprint density at radius 3 is 3.45 bits per heavy atom. The maximum Gasteiger partial charge on any atom is 0.132 e. The van der Waals surface area contributed by atoms with Crippen LogP contribution in [0, 0.1) is 5.92 Å². The van der Waals surface area contributed by atoms with E-state index in [9.17, 15) is 0 Å². The second-order valence-electron chi connectivity index (χ2n) is 2.96. The van der Waals surface area contributed by atoms with Gasteiger partial charge >= 0.3 is 0 Å². The van der Waals surface area contributed by atoms with Crippen LogP contribution in [0.4, 0.5) is 0 Å². The summed E-state index contributed by atoms with van der Waals surface area (Å²) in [7, 11) is 0. The van der Waals surface area contributed by atoms with Gasteiger partial charge in [0, 0.05) is 18.3 Å². The van der Waals surface area contributed by atoms with Gasteiger partial charge in [0.1, 0.15) is 12.2 Å². The smallest absolute Gasteiger partial charge is 0.132 e. The molecule has 0 spiro atoms. The number of hydrogen-bond donors (Lipinski definition) is 0. The van der Waals surface area contributed by atoms with Crippen molar-refractivity contribution in [3.05, 3.63) is 12.2 Å². The van der Waals surface area contributed by atoms with Crippen LogP contribution in [0.1, 0.15) is 12.2 Å². The van der Waals surface area contributed by atoms with Crippen molar-refractivity contribution < 1.29 is 0 Å². The Labute approximate surface area is 73.9 Å². The van der Waals surface area contributed by atoms with Gasteiger partial charge in [0.15, 0.2) is 0 Å². The average molecular weight is 216 g/mol. The standard InChI is InChI=1S/C7H10BrN3/c8-3-6-1-2-7-10-9-5-11(7)4-6/h5-6H,1-4H2. The predicted molar refractivity (Wildman–Crippen MR) is 45.6 cm³/mol. The van der Waals surface area contributed by atoms with Gasteiger partial charge in [0.2, 0.25) is 0 Å². The first kappa shape index (κ1) is 7.28. The van der Waals surface area contributed by atoms with Crippen LogP contribution in [0.25, 0.3) is 0 Å². The predicted octanol–water partition coefficient (Wildman–Crippen LogP) is 1.24. The number of hydrogen-bond acceptors (Lipinski definition) is 2. The molecule has 2 heterocycles. The summed E-state index contributed by atoms with van der Waals surface area (Å²) >= 11 is 3.50. The first-order valence-corrected chi connectivity index (χ1v) is 4.95. The fourth-order valence-corrected chi connectivity index (χ4v) is 1.98. The molecule has 0 aliphatic carbocycles. The first-order chi connectivity index (χ1) is 5.40. The van der Waals surface area contributed by atoms with E-state index in [0.29, 0.717) is 0 Å². The van der Waals surface area contributed by atoms with E-state index in [-0.39, 0.29) is 0 Å². The molecule has 60 valence electrons. The molecule has 1 atom stereocenters. The Hall–Kier alpha value is -0.380. The van der Waals surface area contributed by atoms with Crippen LogP contribution in [-0.2, 0) is 13.0 Å². The fraction of sp³-hybridized carbons (Fsp3) is 0.714. The zero-order chi connectivity index (χ0) is 7.68. The Morgan fingerprint density at radius 2 is 2.64 bits per heavy atom. The van der Waals surface area contributed by atoms with Crippen molar-refractivity contribution in [2.75, 3.05) is 5.33 Å². The van der Waals surface area contributed by atoms with Gasteiger partial charge in [-0.05, 0) is 12.3 Å². The summed E-state index contributed by atoms with van der Waals surface area (Å²) in [5.41, 5.74) is 0. The van der Waals surface area contributed by atoms with E-state index >= 15 is 0 Å². The van der Waals surface area contributed by atoms with Gasteiger partial charge < -0.3 is 4.57 Å². The third kappa shape index (κ3) is 1.31. The molecule has 0 saturated heterocycles. The summed E-state index contributed by atoms with van der Waals surface area (Å²) in [5, 5.41) is 8.98. The van der Waals surface area contributed by atoms with Crippen molar-refractivity contribution in [1.29, 1.82) is 0 Å². The summed E-state index contributed by atoms with van der Waals surface area (Å²) in [4.78, 5) is 0. The maximum atomic E-state index is 4.02. The van der Waals surface area contributed by atoms with E-state index in [2.05, 4.69) is 30.7 Å². The van der Waals surface area contributed by atoms with Crippen molar-refractivity contribution in [3.63, 3.8) is 0 Å². The van der Waals surface area contributed by atoms with Crippen LogP contribution in [-0.4, -0.2) is 20.1 Å². The normalized spacial score (nSPS) is 23.2. The topological polar surface area (TPSA) is 30.7 Å². The number of rotatable bonds is 1. The molecule has 0 fully saturated rings. The first-order valence-electron chi connectivity index (χ1n) is 3.83. The minimum Gasteiger partial charge on any atom is -0.317 e. The molecule has 1 aliphatic heterocycles. The molecule has 1 unspecified atom stereocenters. The SMILES string of the molecule is BrCC1CCc2nncn2C1. The van der Waals surface area contributed by atoms with E-state index < -0.39 is 0 Å². The van der Waals surface area contributed by atoms with Gasteiger partial charge in [-0.15, -0.1) is 10.2 Å². The van der Waals surface area contributed by atoms with E-state index in [4.69, 9.17) is 0 Å². The molecule has 0 bridgehead atoms. The van der Waals surface area contributed by atoms with E-state index in [1.165, 1.54) is 6.42 Å². The number of halogens is 1. The van der Waals surface area contributed by atoms with Crippen LogP contribution >= 0.6 is 15.9 Å². The molecular weight excluding hydrogens is 206 g/mol. The molecule has 1 aromatic rings. The maximum absolute atomic E-state index is 4.02. The number of fused-ring (bicyclic) bond motifs is 1. The van der Waals surface area contributed by atoms with Crippen molar-refractivity contribution in [2.24, 2.45) is 5.92 Å². The minimum atomic E-state index is 0.762. The fourth-order valence-electron chi connectivity index (χ4n) is 1.45. The Morgan fingerprint density at radius 1 is 1.73 bits per heavy atom. The molecule has 1 aromatic heterocycles. The van der Waals surface area contributed by atoms with Crippen LogP contribution in [0.15, 0.2) is 6.33 Å². The van der Waals surface area contributed by atoms with Gasteiger partial charge in [0.25, 0.3) is 0 Å². The van der Waals surface area contributed by atoms with Crippen LogP contribution in [0.5, 0.6) is 0 Å². The average Bonchev–Trinajstić information content (AvgIpc) is 2.50. The summed E-state index contributed by atoms with van der Waals surface area (Å²) in [5.74, 6) is 1.90. The van der Waals surface area contributed by atoms with E-state index in [0.717, 1.165) is 30.0 Å². The molecule has 11 heavy (non-hydrogen) atoms. The molecule has 0 aromatic carbocycles. The highest BCUT2D eigenvalue weighted by molar-refractivity contribution is 9.09. The number of aryl methyl sites for hydroxylation is 1. The lowest BCUT2D eigenvalue weighted by Crippen LogP contribution is -2.20. The summed E-state index contributed by atoms with van der Waals surface area (Å²) in [6, 6.07) is 0. The third-order valence-corrected chi connectivity index (χ3v) is 3.06. The van der Waals surface area contributed by atoms with Crippen molar-refractivity contribution in [3.8, 4) is 0 Å². The molecule has 3 nitrogen and oxygen atoms in total. The van der Waals surface area contributed by atoms with Crippen molar-refractivity contribution >= 4 is 15.9 Å². The molecule has 4 heteroatoms. The summed E-state index contributed by atoms with van der Waals surface area (Å²) < 4.78 is 2.15. The number of aromatic nitrogens is 3. The van der Waals surface area contributed by atoms with Gasteiger partial charge in [-0.25, -0.2) is 0 Å². The summed E-state index contributed by atoms with van der Waals surface area (Å²) in [6.45, 7) is 1.08. The molecule has 0 saturated carbocycles. The molecule has 2 rings (SSSR count). The lowest BCUT2D eigenvalue weighted by atomic mass is 10.0. The quantitative estimate of drug-likeness (QED) is 0.661. The Balaban J connectivity index is 2.18. The second kappa shape index (κ2) is 2.93. The van der Waals surface area contributed by atoms with Gasteiger partial charge in [-0.1, -0.05) is 15.9 Å². The lowest BCUT2D eigenvalue weighted by Gasteiger charge is -2.20. The summed E-state index contributed by atoms with van der Waals surface area (Å²) in [6.07, 6.45) is 4.14. The molecule has 0 amide bonds.